The van der Waals surface area contributed by atoms with Gasteiger partial charge in [0.25, 0.3) is 0 Å². The molecule has 0 bridgehead atoms. The van der Waals surface area contributed by atoms with Gasteiger partial charge in [-0.1, -0.05) is 78.9 Å². The summed E-state index contributed by atoms with van der Waals surface area (Å²) >= 11 is 0. The van der Waals surface area contributed by atoms with Crippen molar-refractivity contribution in [1.29, 1.82) is 0 Å². The minimum Gasteiger partial charge on any atom is -0.0674 e. The average molecular weight is 241 g/mol. The predicted molar refractivity (Wildman–Crippen MR) is 80.9 cm³/mol. The molecule has 0 amide bonds. The lowest BCUT2D eigenvalue weighted by Crippen LogP contribution is -1.97. The van der Waals surface area contributed by atoms with Gasteiger partial charge in [-0.25, -0.2) is 0 Å². The molecule has 0 atom stereocenters. The molecule has 0 nitrogen and oxygen atoms in total. The molecule has 4 rings (SSSR count). The Hall–Kier alpha value is -2.34. The lowest BCUT2D eigenvalue weighted by Gasteiger charge is -2.13. The lowest BCUT2D eigenvalue weighted by molar-refractivity contribution is 1.34. The van der Waals surface area contributed by atoms with Crippen LogP contribution in [0.3, 0.4) is 0 Å². The highest BCUT2D eigenvalue weighted by atomic mass is 14.2. The Morgan fingerprint density at radius 2 is 1.26 bits per heavy atom. The SMILES string of the molecule is C1=Cc2ccccc2[C]1c1cccc2ccccc12. The second-order valence-electron chi connectivity index (χ2n) is 4.86. The number of hydrogen-bond acceptors (Lipinski definition) is 0. The third-order valence-electron chi connectivity index (χ3n) is 3.76. The zero-order chi connectivity index (χ0) is 12.7. The molecule has 0 fully saturated rings. The van der Waals surface area contributed by atoms with Gasteiger partial charge in [0, 0.05) is 0 Å². The molecule has 0 heteroatoms. The van der Waals surface area contributed by atoms with Crippen molar-refractivity contribution in [3.8, 4) is 0 Å². The van der Waals surface area contributed by atoms with Crippen LogP contribution in [0.1, 0.15) is 16.7 Å². The molecular weight excluding hydrogens is 228 g/mol. The van der Waals surface area contributed by atoms with Crippen LogP contribution >= 0.6 is 0 Å². The van der Waals surface area contributed by atoms with E-state index in [2.05, 4.69) is 78.9 Å². The van der Waals surface area contributed by atoms with E-state index in [4.69, 9.17) is 0 Å². The van der Waals surface area contributed by atoms with Crippen LogP contribution in [0.5, 0.6) is 0 Å². The van der Waals surface area contributed by atoms with E-state index < -0.39 is 0 Å². The maximum Gasteiger partial charge on any atom is 0.0569 e. The van der Waals surface area contributed by atoms with Crippen LogP contribution in [0, 0.1) is 5.92 Å². The Morgan fingerprint density at radius 3 is 2.26 bits per heavy atom. The average Bonchev–Trinajstić information content (AvgIpc) is 2.90. The second-order valence-corrected chi connectivity index (χ2v) is 4.86. The molecule has 0 saturated carbocycles. The van der Waals surface area contributed by atoms with Gasteiger partial charge in [-0.05, 0) is 27.5 Å². The molecule has 0 N–H and O–H groups in total. The first-order valence-corrected chi connectivity index (χ1v) is 6.56. The normalized spacial score (nSPS) is 13.9. The summed E-state index contributed by atoms with van der Waals surface area (Å²) in [5.74, 6) is 1.33. The smallest absolute Gasteiger partial charge is 0.0569 e. The van der Waals surface area contributed by atoms with Gasteiger partial charge in [-0.3, -0.25) is 0 Å². The van der Waals surface area contributed by atoms with Crippen LogP contribution in [-0.4, -0.2) is 0 Å². The number of fused-ring (bicyclic) bond motifs is 2. The third kappa shape index (κ3) is 1.61. The fourth-order valence-corrected chi connectivity index (χ4v) is 2.85. The molecule has 1 aliphatic carbocycles. The van der Waals surface area contributed by atoms with Gasteiger partial charge in [-0.15, -0.1) is 0 Å². The Bertz CT molecular complexity index is 775. The third-order valence-corrected chi connectivity index (χ3v) is 3.76. The maximum atomic E-state index is 2.23. The Balaban J connectivity index is 1.96. The summed E-state index contributed by atoms with van der Waals surface area (Å²) in [5, 5.41) is 2.62. The van der Waals surface area contributed by atoms with Crippen molar-refractivity contribution in [2.75, 3.05) is 0 Å². The summed E-state index contributed by atoms with van der Waals surface area (Å²) < 4.78 is 0. The van der Waals surface area contributed by atoms with E-state index in [0.29, 0.717) is 0 Å². The first-order chi connectivity index (χ1) is 9.43. The Labute approximate surface area is 113 Å². The first-order valence-electron chi connectivity index (χ1n) is 6.56. The number of rotatable bonds is 1. The number of allylic oxidation sites excluding steroid dienone is 1. The van der Waals surface area contributed by atoms with Gasteiger partial charge in [0.2, 0.25) is 0 Å². The van der Waals surface area contributed by atoms with Gasteiger partial charge >= 0.3 is 0 Å². The highest BCUT2D eigenvalue weighted by Crippen LogP contribution is 2.37. The highest BCUT2D eigenvalue weighted by Gasteiger charge is 2.20. The van der Waals surface area contributed by atoms with Crippen molar-refractivity contribution >= 4 is 16.8 Å². The lowest BCUT2D eigenvalue weighted by atomic mass is 9.89. The minimum absolute atomic E-state index is 1.30. The van der Waals surface area contributed by atoms with Crippen molar-refractivity contribution in [1.82, 2.24) is 0 Å². The minimum atomic E-state index is 1.30. The molecule has 1 radical (unpaired) electrons. The van der Waals surface area contributed by atoms with Crippen molar-refractivity contribution in [2.45, 2.75) is 0 Å². The molecule has 0 aromatic heterocycles. The molecule has 0 aliphatic heterocycles. The van der Waals surface area contributed by atoms with Gasteiger partial charge < -0.3 is 0 Å². The summed E-state index contributed by atoms with van der Waals surface area (Å²) in [6.45, 7) is 0. The Kier molecular flexibility index (Phi) is 2.28. The molecule has 0 heterocycles. The van der Waals surface area contributed by atoms with Crippen molar-refractivity contribution < 1.29 is 0 Å². The summed E-state index contributed by atoms with van der Waals surface area (Å²) in [6.07, 6.45) is 4.43. The van der Waals surface area contributed by atoms with E-state index in [0.717, 1.165) is 0 Å². The van der Waals surface area contributed by atoms with Crippen LogP contribution < -0.4 is 0 Å². The van der Waals surface area contributed by atoms with Crippen LogP contribution in [0.2, 0.25) is 0 Å². The van der Waals surface area contributed by atoms with Crippen LogP contribution in [-0.2, 0) is 0 Å². The van der Waals surface area contributed by atoms with Crippen molar-refractivity contribution in [3.05, 3.63) is 95.4 Å². The fraction of sp³-hybridized carbons (Fsp3) is 0. The largest absolute Gasteiger partial charge is 0.0674 e. The molecule has 0 saturated heterocycles. The van der Waals surface area contributed by atoms with Crippen molar-refractivity contribution in [3.63, 3.8) is 0 Å². The molecule has 19 heavy (non-hydrogen) atoms. The quantitative estimate of drug-likeness (QED) is 0.572. The Morgan fingerprint density at radius 1 is 0.526 bits per heavy atom. The number of hydrogen-bond donors (Lipinski definition) is 0. The first kappa shape index (κ1) is 10.6. The van der Waals surface area contributed by atoms with Crippen LogP contribution in [0.15, 0.2) is 72.8 Å². The van der Waals surface area contributed by atoms with E-state index >= 15 is 0 Å². The maximum absolute atomic E-state index is 2.23. The standard InChI is InChI=1S/C19H13/c1-3-9-16-14(6-1)8-5-11-18(16)19-13-12-15-7-2-4-10-17(15)19/h1-13H. The molecule has 0 unspecified atom stereocenters. The number of benzene rings is 3. The highest BCUT2D eigenvalue weighted by molar-refractivity contribution is 5.90. The topological polar surface area (TPSA) is 0 Å². The van der Waals surface area contributed by atoms with E-state index in [9.17, 15) is 0 Å². The second kappa shape index (κ2) is 4.10. The van der Waals surface area contributed by atoms with E-state index in [1.54, 1.807) is 0 Å². The summed E-state index contributed by atoms with van der Waals surface area (Å²) in [4.78, 5) is 0. The molecule has 3 aromatic carbocycles. The zero-order valence-electron chi connectivity index (χ0n) is 10.5. The van der Waals surface area contributed by atoms with E-state index in [1.807, 2.05) is 0 Å². The predicted octanol–water partition coefficient (Wildman–Crippen LogP) is 4.84. The molecular formula is C19H13. The summed E-state index contributed by atoms with van der Waals surface area (Å²) in [7, 11) is 0. The van der Waals surface area contributed by atoms with E-state index in [1.165, 1.54) is 33.4 Å². The monoisotopic (exact) mass is 241 g/mol. The van der Waals surface area contributed by atoms with Gasteiger partial charge in [0.05, 0.1) is 5.92 Å². The molecule has 0 spiro atoms. The fourth-order valence-electron chi connectivity index (χ4n) is 2.85. The summed E-state index contributed by atoms with van der Waals surface area (Å²) in [5.41, 5.74) is 3.96. The zero-order valence-corrected chi connectivity index (χ0v) is 10.5. The van der Waals surface area contributed by atoms with E-state index in [-0.39, 0.29) is 0 Å². The molecule has 3 aromatic rings. The van der Waals surface area contributed by atoms with Gasteiger partial charge in [0.15, 0.2) is 0 Å². The molecule has 89 valence electrons. The van der Waals surface area contributed by atoms with Gasteiger partial charge in [-0.2, -0.15) is 0 Å². The van der Waals surface area contributed by atoms with Crippen molar-refractivity contribution in [2.24, 2.45) is 0 Å². The van der Waals surface area contributed by atoms with Crippen LogP contribution in [0.4, 0.5) is 0 Å². The summed E-state index contributed by atoms with van der Waals surface area (Å²) in [6, 6.07) is 23.7. The van der Waals surface area contributed by atoms with Crippen LogP contribution in [0.25, 0.3) is 16.8 Å². The molecule has 1 aliphatic rings. The van der Waals surface area contributed by atoms with Gasteiger partial charge in [0.1, 0.15) is 0 Å².